The van der Waals surface area contributed by atoms with Crippen molar-refractivity contribution in [2.24, 2.45) is 10.9 Å². The van der Waals surface area contributed by atoms with Crippen LogP contribution in [0.2, 0.25) is 0 Å². The highest BCUT2D eigenvalue weighted by molar-refractivity contribution is 5.70. The minimum absolute atomic E-state index is 0.0361. The Kier molecular flexibility index (Phi) is 6.70. The molecule has 0 amide bonds. The molecule has 0 spiro atoms. The zero-order chi connectivity index (χ0) is 15.0. The number of nitro groups is 1. The van der Waals surface area contributed by atoms with Crippen LogP contribution in [0.5, 0.6) is 0 Å². The summed E-state index contributed by atoms with van der Waals surface area (Å²) in [7, 11) is 0. The molecule has 1 rings (SSSR count). The maximum atomic E-state index is 10.7. The van der Waals surface area contributed by atoms with Gasteiger partial charge in [0.1, 0.15) is 0 Å². The minimum Gasteiger partial charge on any atom is -0.383 e. The summed E-state index contributed by atoms with van der Waals surface area (Å²) < 4.78 is 0. The third kappa shape index (κ3) is 4.99. The molecule has 1 unspecified atom stereocenters. The van der Waals surface area contributed by atoms with E-state index in [4.69, 9.17) is 0 Å². The first kappa shape index (κ1) is 16.1. The van der Waals surface area contributed by atoms with Crippen molar-refractivity contribution < 1.29 is 4.92 Å². The molecule has 0 saturated heterocycles. The number of hydrogen-bond donors (Lipinski definition) is 1. The molecule has 110 valence electrons. The average Bonchev–Trinajstić information content (AvgIpc) is 2.45. The van der Waals surface area contributed by atoms with Gasteiger partial charge in [-0.3, -0.25) is 15.1 Å². The van der Waals surface area contributed by atoms with Gasteiger partial charge >= 0.3 is 0 Å². The van der Waals surface area contributed by atoms with Crippen molar-refractivity contribution in [1.29, 1.82) is 0 Å². The van der Waals surface area contributed by atoms with Gasteiger partial charge in [0, 0.05) is 18.7 Å². The first-order valence-corrected chi connectivity index (χ1v) is 7.07. The van der Waals surface area contributed by atoms with Crippen LogP contribution in [0, 0.1) is 16.0 Å². The van der Waals surface area contributed by atoms with Crippen molar-refractivity contribution in [1.82, 2.24) is 0 Å². The number of nitrogens with zero attached hydrogens (tertiary/aromatic N) is 2. The Morgan fingerprint density at radius 1 is 1.45 bits per heavy atom. The van der Waals surface area contributed by atoms with Gasteiger partial charge in [0.2, 0.25) is 0 Å². The van der Waals surface area contributed by atoms with E-state index >= 15 is 0 Å². The zero-order valence-electron chi connectivity index (χ0n) is 12.3. The third-order valence-electron chi connectivity index (χ3n) is 3.30. The van der Waals surface area contributed by atoms with Crippen LogP contribution in [-0.4, -0.2) is 18.2 Å². The number of nitrogens with one attached hydrogen (secondary N) is 1. The topological polar surface area (TPSA) is 67.5 Å². The predicted molar refractivity (Wildman–Crippen MR) is 84.1 cm³/mol. The van der Waals surface area contributed by atoms with E-state index in [2.05, 4.69) is 30.9 Å². The van der Waals surface area contributed by atoms with Crippen LogP contribution >= 0.6 is 0 Å². The molecular formula is C15H23N3O2. The van der Waals surface area contributed by atoms with Gasteiger partial charge < -0.3 is 5.32 Å². The van der Waals surface area contributed by atoms with Gasteiger partial charge in [0.05, 0.1) is 16.3 Å². The quantitative estimate of drug-likeness (QED) is 0.311. The number of benzene rings is 1. The number of aliphatic imine (C=N–C) groups is 1. The second-order valence-electron chi connectivity index (χ2n) is 5.10. The molecule has 0 aliphatic rings. The lowest BCUT2D eigenvalue weighted by Crippen LogP contribution is -2.11. The molecule has 20 heavy (non-hydrogen) atoms. The molecule has 0 aliphatic heterocycles. The number of hydrogen-bond acceptors (Lipinski definition) is 4. The van der Waals surface area contributed by atoms with Crippen molar-refractivity contribution in [2.75, 3.05) is 11.9 Å². The summed E-state index contributed by atoms with van der Waals surface area (Å²) in [5, 5.41) is 14.0. The van der Waals surface area contributed by atoms with Crippen molar-refractivity contribution in [2.45, 2.75) is 39.5 Å². The monoisotopic (exact) mass is 277 g/mol. The summed E-state index contributed by atoms with van der Waals surface area (Å²) in [6, 6.07) is 4.62. The Labute approximate surface area is 120 Å². The first-order valence-electron chi connectivity index (χ1n) is 7.07. The van der Waals surface area contributed by atoms with Crippen LogP contribution in [0.4, 0.5) is 17.1 Å². The number of anilines is 1. The lowest BCUT2D eigenvalue weighted by atomic mass is 10.0. The summed E-state index contributed by atoms with van der Waals surface area (Å²) in [5.41, 5.74) is 1.36. The molecule has 0 aliphatic carbocycles. The molecule has 5 nitrogen and oxygen atoms in total. The Balaban J connectivity index is 2.59. The summed E-state index contributed by atoms with van der Waals surface area (Å²) >= 11 is 0. The van der Waals surface area contributed by atoms with E-state index in [0.29, 0.717) is 11.6 Å². The van der Waals surface area contributed by atoms with E-state index in [9.17, 15) is 10.1 Å². The molecule has 0 radical (unpaired) electrons. The van der Waals surface area contributed by atoms with Crippen LogP contribution in [0.15, 0.2) is 23.2 Å². The van der Waals surface area contributed by atoms with Gasteiger partial charge in [-0.05, 0) is 25.1 Å². The standard InChI is InChI=1S/C15H23N3O2/c1-4-5-6-7-12(2)11-17-14-9-8-13(18(19)20)10-15(14)16-3/h8-10,12,17H,3-7,11H2,1-2H3. The molecule has 5 heteroatoms. The SMILES string of the molecule is C=Nc1cc([N+](=O)[O-])ccc1NCC(C)CCCCC. The Bertz CT molecular complexity index is 460. The first-order chi connectivity index (χ1) is 9.58. The summed E-state index contributed by atoms with van der Waals surface area (Å²) in [4.78, 5) is 14.1. The minimum atomic E-state index is -0.425. The summed E-state index contributed by atoms with van der Waals surface area (Å²) in [5.74, 6) is 0.564. The van der Waals surface area contributed by atoms with E-state index in [1.165, 1.54) is 37.8 Å². The maximum Gasteiger partial charge on any atom is 0.271 e. The van der Waals surface area contributed by atoms with E-state index < -0.39 is 4.92 Å². The fourth-order valence-corrected chi connectivity index (χ4v) is 2.04. The van der Waals surface area contributed by atoms with Crippen molar-refractivity contribution in [3.05, 3.63) is 28.3 Å². The fraction of sp³-hybridized carbons (Fsp3) is 0.533. The van der Waals surface area contributed by atoms with Crippen molar-refractivity contribution in [3.63, 3.8) is 0 Å². The molecule has 0 aromatic heterocycles. The van der Waals surface area contributed by atoms with Crippen LogP contribution in [0.25, 0.3) is 0 Å². The van der Waals surface area contributed by atoms with Gasteiger partial charge in [-0.15, -0.1) is 0 Å². The van der Waals surface area contributed by atoms with Gasteiger partial charge in [-0.1, -0.05) is 33.1 Å². The van der Waals surface area contributed by atoms with E-state index in [1.807, 2.05) is 0 Å². The van der Waals surface area contributed by atoms with Crippen LogP contribution in [0.3, 0.4) is 0 Å². The molecule has 1 atom stereocenters. The Morgan fingerprint density at radius 3 is 2.80 bits per heavy atom. The van der Waals surface area contributed by atoms with Crippen LogP contribution in [-0.2, 0) is 0 Å². The van der Waals surface area contributed by atoms with E-state index in [0.717, 1.165) is 12.2 Å². The molecule has 1 aromatic carbocycles. The molecule has 0 fully saturated rings. The lowest BCUT2D eigenvalue weighted by Gasteiger charge is -2.14. The van der Waals surface area contributed by atoms with Crippen LogP contribution < -0.4 is 5.32 Å². The number of unbranched alkanes of at least 4 members (excludes halogenated alkanes) is 2. The van der Waals surface area contributed by atoms with Crippen LogP contribution in [0.1, 0.15) is 39.5 Å². The zero-order valence-corrected chi connectivity index (χ0v) is 12.3. The lowest BCUT2D eigenvalue weighted by molar-refractivity contribution is -0.384. The van der Waals surface area contributed by atoms with Gasteiger partial charge in [0.25, 0.3) is 5.69 Å². The highest BCUT2D eigenvalue weighted by Crippen LogP contribution is 2.29. The number of nitro benzene ring substituents is 1. The normalized spacial score (nSPS) is 11.9. The average molecular weight is 277 g/mol. The second-order valence-corrected chi connectivity index (χ2v) is 5.10. The third-order valence-corrected chi connectivity index (χ3v) is 3.30. The smallest absolute Gasteiger partial charge is 0.271 e. The fourth-order valence-electron chi connectivity index (χ4n) is 2.04. The molecule has 1 aromatic rings. The number of non-ortho nitro benzene ring substituents is 1. The van der Waals surface area contributed by atoms with Gasteiger partial charge in [-0.2, -0.15) is 0 Å². The Morgan fingerprint density at radius 2 is 2.20 bits per heavy atom. The predicted octanol–water partition coefficient (Wildman–Crippen LogP) is 4.56. The molecule has 0 heterocycles. The number of rotatable bonds is 9. The highest BCUT2D eigenvalue weighted by atomic mass is 16.6. The van der Waals surface area contributed by atoms with E-state index in [1.54, 1.807) is 6.07 Å². The Hall–Kier alpha value is -1.91. The molecule has 0 saturated carbocycles. The van der Waals surface area contributed by atoms with Crippen molar-refractivity contribution in [3.8, 4) is 0 Å². The highest BCUT2D eigenvalue weighted by Gasteiger charge is 2.10. The summed E-state index contributed by atoms with van der Waals surface area (Å²) in [6.45, 7) is 8.70. The second kappa shape index (κ2) is 8.30. The molecule has 1 N–H and O–H groups in total. The molecular weight excluding hydrogens is 254 g/mol. The van der Waals surface area contributed by atoms with Gasteiger partial charge in [0.15, 0.2) is 0 Å². The maximum absolute atomic E-state index is 10.7. The largest absolute Gasteiger partial charge is 0.383 e. The van der Waals surface area contributed by atoms with Crippen molar-refractivity contribution >= 4 is 23.8 Å². The summed E-state index contributed by atoms with van der Waals surface area (Å²) in [6.07, 6.45) is 4.92. The van der Waals surface area contributed by atoms with E-state index in [-0.39, 0.29) is 5.69 Å². The molecule has 0 bridgehead atoms. The van der Waals surface area contributed by atoms with Gasteiger partial charge in [-0.25, -0.2) is 0 Å².